The fraction of sp³-hybridized carbons (Fsp3) is 0.900. The Balaban J connectivity index is 4.52. The zero-order chi connectivity index (χ0) is 13.6. The SMILES string of the molecule is CC(C)NC(=O)C(C)N(CCN)CC(F)(F)F. The third-order valence-electron chi connectivity index (χ3n) is 2.16. The van der Waals surface area contributed by atoms with E-state index in [4.69, 9.17) is 5.73 Å². The number of nitrogens with two attached hydrogens (primary N) is 1. The molecule has 17 heavy (non-hydrogen) atoms. The molecule has 0 saturated heterocycles. The molecule has 0 aromatic carbocycles. The van der Waals surface area contributed by atoms with Crippen molar-refractivity contribution < 1.29 is 18.0 Å². The molecule has 0 saturated carbocycles. The number of rotatable bonds is 6. The van der Waals surface area contributed by atoms with Gasteiger partial charge in [0.05, 0.1) is 12.6 Å². The van der Waals surface area contributed by atoms with Gasteiger partial charge in [0.25, 0.3) is 0 Å². The zero-order valence-electron chi connectivity index (χ0n) is 10.3. The van der Waals surface area contributed by atoms with E-state index in [-0.39, 0.29) is 19.1 Å². The van der Waals surface area contributed by atoms with Gasteiger partial charge in [-0.15, -0.1) is 0 Å². The maximum absolute atomic E-state index is 12.3. The fourth-order valence-electron chi connectivity index (χ4n) is 1.38. The largest absolute Gasteiger partial charge is 0.401 e. The Morgan fingerprint density at radius 3 is 2.24 bits per heavy atom. The lowest BCUT2D eigenvalue weighted by Crippen LogP contribution is -2.51. The van der Waals surface area contributed by atoms with Crippen LogP contribution in [0.1, 0.15) is 20.8 Å². The van der Waals surface area contributed by atoms with Crippen LogP contribution < -0.4 is 11.1 Å². The molecule has 0 bridgehead atoms. The second-order valence-corrected chi connectivity index (χ2v) is 4.21. The first kappa shape index (κ1) is 16.2. The molecule has 102 valence electrons. The molecule has 0 aromatic rings. The molecule has 0 radical (unpaired) electrons. The van der Waals surface area contributed by atoms with Crippen molar-refractivity contribution in [2.24, 2.45) is 5.73 Å². The number of nitrogens with zero attached hydrogens (tertiary/aromatic N) is 1. The first-order valence-corrected chi connectivity index (χ1v) is 5.48. The highest BCUT2D eigenvalue weighted by Crippen LogP contribution is 2.17. The lowest BCUT2D eigenvalue weighted by Gasteiger charge is -2.29. The Hall–Kier alpha value is -0.820. The Morgan fingerprint density at radius 1 is 1.35 bits per heavy atom. The molecule has 3 N–H and O–H groups in total. The van der Waals surface area contributed by atoms with E-state index in [9.17, 15) is 18.0 Å². The van der Waals surface area contributed by atoms with Crippen LogP contribution in [0, 0.1) is 0 Å². The van der Waals surface area contributed by atoms with Gasteiger partial charge in [0.1, 0.15) is 0 Å². The second kappa shape index (κ2) is 6.80. The van der Waals surface area contributed by atoms with Crippen molar-refractivity contribution in [3.8, 4) is 0 Å². The van der Waals surface area contributed by atoms with Gasteiger partial charge < -0.3 is 11.1 Å². The molecule has 0 heterocycles. The Labute approximate surface area is 99.3 Å². The molecule has 0 aliphatic heterocycles. The van der Waals surface area contributed by atoms with Crippen LogP contribution in [-0.2, 0) is 4.79 Å². The van der Waals surface area contributed by atoms with Crippen molar-refractivity contribution >= 4 is 5.91 Å². The lowest BCUT2D eigenvalue weighted by molar-refractivity contribution is -0.154. The number of alkyl halides is 3. The van der Waals surface area contributed by atoms with Gasteiger partial charge in [0.15, 0.2) is 0 Å². The molecule has 1 unspecified atom stereocenters. The van der Waals surface area contributed by atoms with E-state index in [1.165, 1.54) is 6.92 Å². The standard InChI is InChI=1S/C10H20F3N3O/c1-7(2)15-9(17)8(3)16(5-4-14)6-10(11,12)13/h7-8H,4-6,14H2,1-3H3,(H,15,17). The summed E-state index contributed by atoms with van der Waals surface area (Å²) < 4.78 is 36.9. The predicted octanol–water partition coefficient (Wildman–Crippen LogP) is 0.722. The summed E-state index contributed by atoms with van der Waals surface area (Å²) in [5.41, 5.74) is 5.25. The Bertz CT molecular complexity index is 243. The summed E-state index contributed by atoms with van der Waals surface area (Å²) in [5.74, 6) is -0.419. The minimum Gasteiger partial charge on any atom is -0.353 e. The van der Waals surface area contributed by atoms with E-state index in [1.54, 1.807) is 13.8 Å². The van der Waals surface area contributed by atoms with Crippen LogP contribution in [0.4, 0.5) is 13.2 Å². The number of carbonyl (C=O) groups is 1. The molecule has 7 heteroatoms. The van der Waals surface area contributed by atoms with Crippen LogP contribution in [0.2, 0.25) is 0 Å². The average Bonchev–Trinajstić information content (AvgIpc) is 2.12. The molecule has 1 amide bonds. The molecule has 1 atom stereocenters. The maximum atomic E-state index is 12.3. The number of halogens is 3. The lowest BCUT2D eigenvalue weighted by atomic mass is 10.2. The second-order valence-electron chi connectivity index (χ2n) is 4.21. The highest BCUT2D eigenvalue weighted by molar-refractivity contribution is 5.81. The Kier molecular flexibility index (Phi) is 6.48. The van der Waals surface area contributed by atoms with E-state index in [1.807, 2.05) is 0 Å². The first-order chi connectivity index (χ1) is 7.67. The average molecular weight is 255 g/mol. The third-order valence-corrected chi connectivity index (χ3v) is 2.16. The maximum Gasteiger partial charge on any atom is 0.401 e. The van der Waals surface area contributed by atoms with Crippen molar-refractivity contribution in [1.82, 2.24) is 10.2 Å². The minimum atomic E-state index is -4.33. The quantitative estimate of drug-likeness (QED) is 0.735. The number of hydrogen-bond donors (Lipinski definition) is 2. The van der Waals surface area contributed by atoms with Gasteiger partial charge >= 0.3 is 6.18 Å². The van der Waals surface area contributed by atoms with E-state index >= 15 is 0 Å². The van der Waals surface area contributed by atoms with Crippen molar-refractivity contribution in [3.63, 3.8) is 0 Å². The van der Waals surface area contributed by atoms with Crippen LogP contribution in [0.25, 0.3) is 0 Å². The highest BCUT2D eigenvalue weighted by atomic mass is 19.4. The summed E-state index contributed by atoms with van der Waals surface area (Å²) >= 11 is 0. The molecule has 0 aromatic heterocycles. The van der Waals surface area contributed by atoms with E-state index in [0.717, 1.165) is 4.90 Å². The molecule has 0 aliphatic rings. The molecule has 0 rings (SSSR count). The number of amides is 1. The van der Waals surface area contributed by atoms with Gasteiger partial charge in [-0.1, -0.05) is 0 Å². The van der Waals surface area contributed by atoms with Crippen molar-refractivity contribution in [3.05, 3.63) is 0 Å². The summed E-state index contributed by atoms with van der Waals surface area (Å²) in [7, 11) is 0. The minimum absolute atomic E-state index is 0.0339. The van der Waals surface area contributed by atoms with Crippen LogP contribution in [0.3, 0.4) is 0 Å². The molecular formula is C10H20F3N3O. The van der Waals surface area contributed by atoms with Crippen molar-refractivity contribution in [2.45, 2.75) is 39.0 Å². The van der Waals surface area contributed by atoms with Gasteiger partial charge in [-0.05, 0) is 20.8 Å². The van der Waals surface area contributed by atoms with Gasteiger partial charge in [-0.3, -0.25) is 9.69 Å². The van der Waals surface area contributed by atoms with Gasteiger partial charge in [0, 0.05) is 19.1 Å². The van der Waals surface area contributed by atoms with Crippen LogP contribution >= 0.6 is 0 Å². The predicted molar refractivity (Wildman–Crippen MR) is 59.4 cm³/mol. The van der Waals surface area contributed by atoms with Gasteiger partial charge in [0.2, 0.25) is 5.91 Å². The first-order valence-electron chi connectivity index (χ1n) is 5.48. The summed E-state index contributed by atoms with van der Waals surface area (Å²) in [6.07, 6.45) is -4.33. The number of hydrogen-bond acceptors (Lipinski definition) is 3. The normalized spacial score (nSPS) is 14.2. The van der Waals surface area contributed by atoms with Crippen molar-refractivity contribution in [1.29, 1.82) is 0 Å². The van der Waals surface area contributed by atoms with E-state index in [2.05, 4.69) is 5.32 Å². The Morgan fingerprint density at radius 2 is 1.88 bits per heavy atom. The summed E-state index contributed by atoms with van der Waals surface area (Å²) in [6.45, 7) is 3.93. The third kappa shape index (κ3) is 7.17. The molecular weight excluding hydrogens is 235 g/mol. The van der Waals surface area contributed by atoms with Gasteiger partial charge in [-0.25, -0.2) is 0 Å². The van der Waals surface area contributed by atoms with Crippen LogP contribution in [0.5, 0.6) is 0 Å². The van der Waals surface area contributed by atoms with E-state index in [0.29, 0.717) is 0 Å². The van der Waals surface area contributed by atoms with E-state index < -0.39 is 24.7 Å². The molecule has 0 fully saturated rings. The molecule has 4 nitrogen and oxygen atoms in total. The topological polar surface area (TPSA) is 58.4 Å². The van der Waals surface area contributed by atoms with Crippen LogP contribution in [0.15, 0.2) is 0 Å². The summed E-state index contributed by atoms with van der Waals surface area (Å²) in [5, 5.41) is 2.58. The fourth-order valence-corrected chi connectivity index (χ4v) is 1.38. The summed E-state index contributed by atoms with van der Waals surface area (Å²) in [6, 6.07) is -0.946. The summed E-state index contributed by atoms with van der Waals surface area (Å²) in [4.78, 5) is 12.6. The van der Waals surface area contributed by atoms with Crippen LogP contribution in [-0.4, -0.2) is 48.7 Å². The highest BCUT2D eigenvalue weighted by Gasteiger charge is 2.34. The molecule has 0 aliphatic carbocycles. The van der Waals surface area contributed by atoms with Crippen molar-refractivity contribution in [2.75, 3.05) is 19.6 Å². The van der Waals surface area contributed by atoms with Gasteiger partial charge in [-0.2, -0.15) is 13.2 Å². The monoisotopic (exact) mass is 255 g/mol. The number of carbonyl (C=O) groups excluding carboxylic acids is 1. The molecule has 0 spiro atoms. The number of nitrogens with one attached hydrogen (secondary N) is 1. The smallest absolute Gasteiger partial charge is 0.353 e. The zero-order valence-corrected chi connectivity index (χ0v) is 10.3.